The van der Waals surface area contributed by atoms with E-state index in [0.717, 1.165) is 0 Å². The van der Waals surface area contributed by atoms with Crippen molar-refractivity contribution in [2.24, 2.45) is 0 Å². The van der Waals surface area contributed by atoms with E-state index in [4.69, 9.17) is 9.16 Å². The smallest absolute Gasteiger partial charge is 0.417 e. The molecule has 6 heteroatoms. The maximum absolute atomic E-state index is 12.8. The van der Waals surface area contributed by atoms with Crippen molar-refractivity contribution in [3.05, 3.63) is 60.7 Å². The molecule has 3 rings (SSSR count). The fraction of sp³-hybridized carbons (Fsp3) is 0.462. The summed E-state index contributed by atoms with van der Waals surface area (Å²) in [6.07, 6.45) is 0.320. The zero-order chi connectivity index (χ0) is 23.6. The second-order valence-electron chi connectivity index (χ2n) is 10.4. The number of benzene rings is 2. The molecule has 2 amide bonds. The molecule has 0 aromatic heterocycles. The number of hydrogen-bond donors (Lipinski definition) is 0. The Bertz CT molecular complexity index is 892. The molecular weight excluding hydrogens is 418 g/mol. The van der Waals surface area contributed by atoms with Gasteiger partial charge in [-0.25, -0.2) is 9.69 Å². The lowest BCUT2D eigenvalue weighted by molar-refractivity contribution is -0.128. The number of hydrogen-bond acceptors (Lipinski definition) is 4. The van der Waals surface area contributed by atoms with Gasteiger partial charge in [0.1, 0.15) is 5.60 Å². The van der Waals surface area contributed by atoms with Gasteiger partial charge in [-0.2, -0.15) is 0 Å². The van der Waals surface area contributed by atoms with E-state index in [0.29, 0.717) is 12.8 Å². The van der Waals surface area contributed by atoms with Crippen LogP contribution in [0.1, 0.15) is 54.4 Å². The van der Waals surface area contributed by atoms with Gasteiger partial charge < -0.3 is 9.16 Å². The monoisotopic (exact) mass is 453 g/mol. The van der Waals surface area contributed by atoms with Crippen molar-refractivity contribution in [3.63, 3.8) is 0 Å². The number of rotatable bonds is 5. The largest absolute Gasteiger partial charge is 0.443 e. The highest BCUT2D eigenvalue weighted by Gasteiger charge is 2.51. The summed E-state index contributed by atoms with van der Waals surface area (Å²) in [5.41, 5.74) is -0.663. The molecule has 1 saturated heterocycles. The molecule has 32 heavy (non-hydrogen) atoms. The van der Waals surface area contributed by atoms with Crippen LogP contribution in [0.2, 0.25) is 5.04 Å². The molecule has 1 atom stereocenters. The van der Waals surface area contributed by atoms with E-state index in [1.165, 1.54) is 15.3 Å². The summed E-state index contributed by atoms with van der Waals surface area (Å²) in [5, 5.41) is 2.17. The molecule has 0 bridgehead atoms. The van der Waals surface area contributed by atoms with Crippen LogP contribution in [0.4, 0.5) is 4.79 Å². The van der Waals surface area contributed by atoms with Crippen molar-refractivity contribution in [3.8, 4) is 0 Å². The van der Waals surface area contributed by atoms with Crippen LogP contribution in [-0.4, -0.2) is 43.5 Å². The third kappa shape index (κ3) is 4.97. The van der Waals surface area contributed by atoms with Crippen molar-refractivity contribution in [2.75, 3.05) is 6.61 Å². The molecule has 1 aliphatic rings. The molecule has 0 spiro atoms. The van der Waals surface area contributed by atoms with Crippen LogP contribution in [0.25, 0.3) is 0 Å². The van der Waals surface area contributed by atoms with Gasteiger partial charge in [0.2, 0.25) is 5.91 Å². The van der Waals surface area contributed by atoms with Crippen molar-refractivity contribution in [1.29, 1.82) is 0 Å². The van der Waals surface area contributed by atoms with Crippen LogP contribution >= 0.6 is 0 Å². The van der Waals surface area contributed by atoms with Crippen LogP contribution < -0.4 is 10.4 Å². The molecule has 0 aliphatic carbocycles. The Kier molecular flexibility index (Phi) is 6.96. The molecule has 0 unspecified atom stereocenters. The number of imide groups is 1. The molecule has 0 saturated carbocycles. The fourth-order valence-electron chi connectivity index (χ4n) is 4.45. The number of carbonyl (C=O) groups excluding carboxylic acids is 2. The molecule has 1 heterocycles. The molecular formula is C26H35NO4Si. The minimum absolute atomic E-state index is 0.172. The Labute approximate surface area is 192 Å². The van der Waals surface area contributed by atoms with Gasteiger partial charge in [-0.3, -0.25) is 4.79 Å². The lowest BCUT2D eigenvalue weighted by Gasteiger charge is -2.44. The van der Waals surface area contributed by atoms with E-state index in [9.17, 15) is 9.59 Å². The second kappa shape index (κ2) is 9.20. The Morgan fingerprint density at radius 3 is 1.88 bits per heavy atom. The van der Waals surface area contributed by atoms with E-state index in [2.05, 4.69) is 45.0 Å². The molecule has 0 N–H and O–H groups in total. The van der Waals surface area contributed by atoms with Crippen molar-refractivity contribution >= 4 is 30.7 Å². The van der Waals surface area contributed by atoms with Crippen LogP contribution in [0, 0.1) is 0 Å². The van der Waals surface area contributed by atoms with Gasteiger partial charge in [0.05, 0.1) is 12.6 Å². The van der Waals surface area contributed by atoms with E-state index < -0.39 is 20.0 Å². The van der Waals surface area contributed by atoms with Gasteiger partial charge in [0.15, 0.2) is 0 Å². The summed E-state index contributed by atoms with van der Waals surface area (Å²) >= 11 is 0. The SMILES string of the molecule is CC(C)(C)OC(=O)N1C(=O)CC[C@H]1CO[Si](c1ccccc1)(c1ccccc1)C(C)(C)C. The topological polar surface area (TPSA) is 55.8 Å². The Morgan fingerprint density at radius 2 is 1.44 bits per heavy atom. The third-order valence-corrected chi connectivity index (χ3v) is 10.8. The average molecular weight is 454 g/mol. The first-order valence-corrected chi connectivity index (χ1v) is 13.2. The van der Waals surface area contributed by atoms with E-state index in [-0.39, 0.29) is 23.6 Å². The van der Waals surface area contributed by atoms with Gasteiger partial charge >= 0.3 is 6.09 Å². The van der Waals surface area contributed by atoms with E-state index >= 15 is 0 Å². The van der Waals surface area contributed by atoms with Crippen LogP contribution in [0.3, 0.4) is 0 Å². The Balaban J connectivity index is 1.97. The van der Waals surface area contributed by atoms with Crippen LogP contribution in [0.5, 0.6) is 0 Å². The molecule has 0 radical (unpaired) electrons. The van der Waals surface area contributed by atoms with Gasteiger partial charge in [-0.15, -0.1) is 0 Å². The summed E-state index contributed by atoms with van der Waals surface area (Å²) in [5.74, 6) is -0.199. The van der Waals surface area contributed by atoms with E-state index in [1.807, 2.05) is 36.4 Å². The first-order chi connectivity index (χ1) is 15.0. The van der Waals surface area contributed by atoms with E-state index in [1.54, 1.807) is 20.8 Å². The molecule has 1 aliphatic heterocycles. The quantitative estimate of drug-likeness (QED) is 0.626. The lowest BCUT2D eigenvalue weighted by Crippen LogP contribution is -2.67. The minimum atomic E-state index is -2.74. The van der Waals surface area contributed by atoms with Gasteiger partial charge in [0, 0.05) is 6.42 Å². The highest BCUT2D eigenvalue weighted by atomic mass is 28.4. The van der Waals surface area contributed by atoms with Crippen LogP contribution in [-0.2, 0) is 14.0 Å². The highest BCUT2D eigenvalue weighted by molar-refractivity contribution is 6.99. The summed E-state index contributed by atoms with van der Waals surface area (Å²) < 4.78 is 12.5. The maximum atomic E-state index is 12.8. The Hall–Kier alpha value is -2.44. The average Bonchev–Trinajstić information content (AvgIpc) is 3.08. The van der Waals surface area contributed by atoms with Crippen LogP contribution in [0.15, 0.2) is 60.7 Å². The normalized spacial score (nSPS) is 17.5. The highest BCUT2D eigenvalue weighted by Crippen LogP contribution is 2.37. The van der Waals surface area contributed by atoms with Gasteiger partial charge in [-0.1, -0.05) is 81.4 Å². The Morgan fingerprint density at radius 1 is 0.938 bits per heavy atom. The summed E-state index contributed by atoms with van der Waals surface area (Å²) in [6, 6.07) is 20.4. The number of nitrogens with zero attached hydrogens (tertiary/aromatic N) is 1. The zero-order valence-electron chi connectivity index (χ0n) is 20.1. The predicted molar refractivity (Wildman–Crippen MR) is 130 cm³/mol. The number of ether oxygens (including phenoxy) is 1. The second-order valence-corrected chi connectivity index (χ2v) is 14.7. The summed E-state index contributed by atoms with van der Waals surface area (Å²) in [7, 11) is -2.74. The molecule has 2 aromatic rings. The molecule has 5 nitrogen and oxygen atoms in total. The predicted octanol–water partition coefficient (Wildman–Crippen LogP) is 4.49. The first-order valence-electron chi connectivity index (χ1n) is 11.3. The minimum Gasteiger partial charge on any atom is -0.443 e. The van der Waals surface area contributed by atoms with Gasteiger partial charge in [0.25, 0.3) is 8.32 Å². The zero-order valence-corrected chi connectivity index (χ0v) is 21.1. The van der Waals surface area contributed by atoms with Crippen molar-refractivity contribution in [1.82, 2.24) is 4.90 Å². The molecule has 172 valence electrons. The fourth-order valence-corrected chi connectivity index (χ4v) is 9.04. The number of carbonyl (C=O) groups is 2. The summed E-state index contributed by atoms with van der Waals surface area (Å²) in [6.45, 7) is 12.3. The summed E-state index contributed by atoms with van der Waals surface area (Å²) in [4.78, 5) is 26.6. The molecule has 1 fully saturated rings. The van der Waals surface area contributed by atoms with Gasteiger partial charge in [-0.05, 0) is 42.6 Å². The van der Waals surface area contributed by atoms with Crippen molar-refractivity contribution in [2.45, 2.75) is 71.1 Å². The van der Waals surface area contributed by atoms with Crippen molar-refractivity contribution < 1.29 is 18.8 Å². The molecule has 2 aromatic carbocycles. The maximum Gasteiger partial charge on any atom is 0.417 e. The first kappa shape index (κ1) is 24.2. The standard InChI is InChI=1S/C26H35NO4Si/c1-25(2,3)31-24(29)27-20(17-18-23(27)28)19-30-32(26(4,5)6,21-13-9-7-10-14-21)22-15-11-8-12-16-22/h7-16,20H,17-19H2,1-6H3/t20-/m0/s1. The lowest BCUT2D eigenvalue weighted by atomic mass is 10.2. The number of likely N-dealkylation sites (tertiary alicyclic amines) is 1. The third-order valence-electron chi connectivity index (χ3n) is 5.82. The number of amides is 2.